The number of benzene rings is 1. The Morgan fingerprint density at radius 1 is 1.25 bits per heavy atom. The Labute approximate surface area is 144 Å². The molecule has 2 aliphatic rings. The van der Waals surface area contributed by atoms with Crippen molar-refractivity contribution in [2.45, 2.75) is 44.9 Å². The lowest BCUT2D eigenvalue weighted by atomic mass is 9.70. The lowest BCUT2D eigenvalue weighted by Crippen LogP contribution is -2.40. The van der Waals surface area contributed by atoms with Gasteiger partial charge in [0.2, 0.25) is 0 Å². The molecule has 3 N–H and O–H groups in total. The first-order valence-electron chi connectivity index (χ1n) is 8.72. The molecule has 0 aliphatic heterocycles. The van der Waals surface area contributed by atoms with E-state index in [1.54, 1.807) is 0 Å². The maximum absolute atomic E-state index is 11.6. The van der Waals surface area contributed by atoms with Crippen molar-refractivity contribution in [3.05, 3.63) is 29.3 Å². The Morgan fingerprint density at radius 2 is 2.00 bits per heavy atom. The van der Waals surface area contributed by atoms with Crippen LogP contribution in [0.4, 0.5) is 5.69 Å². The van der Waals surface area contributed by atoms with Gasteiger partial charge in [0.1, 0.15) is 9.84 Å². The largest absolute Gasteiger partial charge is 0.370 e. The molecule has 3 rings (SSSR count). The monoisotopic (exact) mass is 349 g/mol. The highest BCUT2D eigenvalue weighted by atomic mass is 32.2. The summed E-state index contributed by atoms with van der Waals surface area (Å²) in [4.78, 5) is 4.47. The number of sulfone groups is 1. The number of guanidine groups is 1. The Morgan fingerprint density at radius 3 is 2.67 bits per heavy atom. The smallest absolute Gasteiger partial charge is 0.193 e. The SMILES string of the molecule is CS(=O)(=O)CC1(CN=C(N)Nc2cccc3c2CCCC3)CCC1. The van der Waals surface area contributed by atoms with Gasteiger partial charge < -0.3 is 11.1 Å². The van der Waals surface area contributed by atoms with Crippen molar-refractivity contribution in [2.24, 2.45) is 16.1 Å². The van der Waals surface area contributed by atoms with Crippen LogP contribution in [-0.4, -0.2) is 32.9 Å². The van der Waals surface area contributed by atoms with Crippen LogP contribution in [0.15, 0.2) is 23.2 Å². The minimum Gasteiger partial charge on any atom is -0.370 e. The van der Waals surface area contributed by atoms with Crippen LogP contribution in [-0.2, 0) is 22.7 Å². The van der Waals surface area contributed by atoms with E-state index in [-0.39, 0.29) is 11.2 Å². The van der Waals surface area contributed by atoms with Gasteiger partial charge in [-0.15, -0.1) is 0 Å². The summed E-state index contributed by atoms with van der Waals surface area (Å²) in [6.45, 7) is 0.480. The first-order chi connectivity index (χ1) is 11.4. The predicted octanol–water partition coefficient (Wildman–Crippen LogP) is 2.51. The van der Waals surface area contributed by atoms with Crippen LogP contribution in [0, 0.1) is 5.41 Å². The van der Waals surface area contributed by atoms with Gasteiger partial charge in [-0.3, -0.25) is 4.99 Å². The van der Waals surface area contributed by atoms with Crippen LogP contribution in [0.3, 0.4) is 0 Å². The molecular weight excluding hydrogens is 322 g/mol. The maximum Gasteiger partial charge on any atom is 0.193 e. The summed E-state index contributed by atoms with van der Waals surface area (Å²) in [6, 6.07) is 6.28. The van der Waals surface area contributed by atoms with Crippen molar-refractivity contribution in [1.82, 2.24) is 0 Å². The standard InChI is InChI=1S/C18H27N3O2S/c1-24(22,23)13-18(10-5-11-18)12-20-17(19)21-16-9-4-7-14-6-2-3-8-15(14)16/h4,7,9H,2-3,5-6,8,10-13H2,1H3,(H3,19,20,21). The van der Waals surface area contributed by atoms with Crippen LogP contribution in [0.1, 0.15) is 43.2 Å². The van der Waals surface area contributed by atoms with E-state index in [1.165, 1.54) is 30.2 Å². The van der Waals surface area contributed by atoms with Crippen LogP contribution in [0.2, 0.25) is 0 Å². The molecule has 0 aromatic heterocycles. The third-order valence-electron chi connectivity index (χ3n) is 5.23. The van der Waals surface area contributed by atoms with Gasteiger partial charge in [-0.05, 0) is 55.7 Å². The van der Waals surface area contributed by atoms with Gasteiger partial charge in [-0.2, -0.15) is 0 Å². The lowest BCUT2D eigenvalue weighted by molar-refractivity contribution is 0.177. The molecule has 5 nitrogen and oxygen atoms in total. The predicted molar refractivity (Wildman–Crippen MR) is 99.2 cm³/mol. The fourth-order valence-electron chi connectivity index (χ4n) is 3.91. The maximum atomic E-state index is 11.6. The second-order valence-electron chi connectivity index (χ2n) is 7.40. The molecular formula is C18H27N3O2S. The highest BCUT2D eigenvalue weighted by molar-refractivity contribution is 7.90. The zero-order chi connectivity index (χ0) is 17.2. The van der Waals surface area contributed by atoms with Gasteiger partial charge in [0.25, 0.3) is 0 Å². The Balaban J connectivity index is 1.69. The molecule has 0 saturated heterocycles. The minimum absolute atomic E-state index is 0.206. The fourth-order valence-corrected chi connectivity index (χ4v) is 5.40. The Hall–Kier alpha value is -1.56. The van der Waals surface area contributed by atoms with Gasteiger partial charge in [0.15, 0.2) is 5.96 Å². The first-order valence-corrected chi connectivity index (χ1v) is 10.8. The number of hydrogen-bond acceptors (Lipinski definition) is 3. The molecule has 2 aliphatic carbocycles. The van der Waals surface area contributed by atoms with Crippen LogP contribution >= 0.6 is 0 Å². The molecule has 132 valence electrons. The zero-order valence-electron chi connectivity index (χ0n) is 14.3. The second-order valence-corrected chi connectivity index (χ2v) is 9.54. The number of anilines is 1. The normalized spacial score (nSPS) is 20.1. The van der Waals surface area contributed by atoms with Crippen LogP contribution in [0.25, 0.3) is 0 Å². The number of aryl methyl sites for hydroxylation is 1. The third-order valence-corrected chi connectivity index (χ3v) is 6.36. The van der Waals surface area contributed by atoms with E-state index in [0.29, 0.717) is 12.5 Å². The van der Waals surface area contributed by atoms with Crippen molar-refractivity contribution in [1.29, 1.82) is 0 Å². The lowest BCUT2D eigenvalue weighted by Gasteiger charge is -2.40. The van der Waals surface area contributed by atoms with Gasteiger partial charge in [0, 0.05) is 23.9 Å². The Kier molecular flexibility index (Phi) is 4.85. The number of nitrogens with zero attached hydrogens (tertiary/aromatic N) is 1. The summed E-state index contributed by atoms with van der Waals surface area (Å²) >= 11 is 0. The van der Waals surface area contributed by atoms with E-state index >= 15 is 0 Å². The van der Waals surface area contributed by atoms with Crippen molar-refractivity contribution in [3.8, 4) is 0 Å². The summed E-state index contributed by atoms with van der Waals surface area (Å²) in [5.41, 5.74) is 9.65. The number of rotatable bonds is 5. The van der Waals surface area contributed by atoms with Gasteiger partial charge in [0.05, 0.1) is 5.75 Å². The number of fused-ring (bicyclic) bond motifs is 1. The molecule has 1 fully saturated rings. The van der Waals surface area contributed by atoms with Crippen LogP contribution < -0.4 is 11.1 Å². The first kappa shape index (κ1) is 17.3. The van der Waals surface area contributed by atoms with Gasteiger partial charge >= 0.3 is 0 Å². The van der Waals surface area contributed by atoms with Crippen molar-refractivity contribution in [3.63, 3.8) is 0 Å². The van der Waals surface area contributed by atoms with E-state index in [9.17, 15) is 8.42 Å². The molecule has 6 heteroatoms. The molecule has 0 atom stereocenters. The summed E-state index contributed by atoms with van der Waals surface area (Å²) in [7, 11) is -2.99. The average Bonchev–Trinajstić information content (AvgIpc) is 2.49. The average molecular weight is 350 g/mol. The second kappa shape index (κ2) is 6.75. The highest BCUT2D eigenvalue weighted by Gasteiger charge is 2.39. The molecule has 0 bridgehead atoms. The van der Waals surface area contributed by atoms with Crippen molar-refractivity contribution in [2.75, 3.05) is 23.9 Å². The molecule has 0 spiro atoms. The molecule has 0 radical (unpaired) electrons. The summed E-state index contributed by atoms with van der Waals surface area (Å²) in [5.74, 6) is 0.589. The molecule has 0 heterocycles. The van der Waals surface area contributed by atoms with Crippen molar-refractivity contribution >= 4 is 21.5 Å². The fraction of sp³-hybridized carbons (Fsp3) is 0.611. The number of hydrogen-bond donors (Lipinski definition) is 2. The number of aliphatic imine (C=N–C) groups is 1. The van der Waals surface area contributed by atoms with Crippen molar-refractivity contribution < 1.29 is 8.42 Å². The third kappa shape index (κ3) is 4.09. The van der Waals surface area contributed by atoms with E-state index in [1.807, 2.05) is 6.07 Å². The van der Waals surface area contributed by atoms with Gasteiger partial charge in [-0.25, -0.2) is 8.42 Å². The number of nitrogens with one attached hydrogen (secondary N) is 1. The van der Waals surface area contributed by atoms with Gasteiger partial charge in [-0.1, -0.05) is 18.6 Å². The minimum atomic E-state index is -2.99. The Bertz CT molecular complexity index is 737. The highest BCUT2D eigenvalue weighted by Crippen LogP contribution is 2.42. The quantitative estimate of drug-likeness (QED) is 0.632. The molecule has 24 heavy (non-hydrogen) atoms. The van der Waals surface area contributed by atoms with E-state index in [2.05, 4.69) is 22.4 Å². The molecule has 0 unspecified atom stereocenters. The summed E-state index contributed by atoms with van der Waals surface area (Å²) in [5, 5.41) is 3.23. The summed E-state index contributed by atoms with van der Waals surface area (Å²) in [6.07, 6.45) is 8.85. The number of nitrogens with two attached hydrogens (primary N) is 1. The van der Waals surface area contributed by atoms with Crippen LogP contribution in [0.5, 0.6) is 0 Å². The summed E-state index contributed by atoms with van der Waals surface area (Å²) < 4.78 is 23.3. The molecule has 1 aromatic carbocycles. The van der Waals surface area contributed by atoms with E-state index < -0.39 is 9.84 Å². The zero-order valence-corrected chi connectivity index (χ0v) is 15.2. The molecule has 1 aromatic rings. The van der Waals surface area contributed by atoms with E-state index in [0.717, 1.165) is 37.8 Å². The molecule has 1 saturated carbocycles. The topological polar surface area (TPSA) is 84.5 Å². The molecule has 0 amide bonds. The van der Waals surface area contributed by atoms with E-state index in [4.69, 9.17) is 5.73 Å².